The van der Waals surface area contributed by atoms with E-state index >= 15 is 0 Å². The smallest absolute Gasteiger partial charge is 0.00853 e. The number of hydrogen-bond acceptors (Lipinski definition) is 0. The molecule has 0 fully saturated rings. The van der Waals surface area contributed by atoms with Crippen LogP contribution in [0.3, 0.4) is 0 Å². The highest BCUT2D eigenvalue weighted by Gasteiger charge is 2.22. The fourth-order valence-corrected chi connectivity index (χ4v) is 3.77. The molecular weight excluding hydrogens is 240 g/mol. The lowest BCUT2D eigenvalue weighted by atomic mass is 9.93. The fourth-order valence-electron chi connectivity index (χ4n) is 3.77. The molecule has 0 saturated carbocycles. The van der Waals surface area contributed by atoms with Crippen LogP contribution < -0.4 is 0 Å². The number of benzene rings is 2. The highest BCUT2D eigenvalue weighted by atomic mass is 14.3. The van der Waals surface area contributed by atoms with E-state index in [1.165, 1.54) is 31.2 Å². The molecule has 0 amide bonds. The Labute approximate surface area is 121 Å². The van der Waals surface area contributed by atoms with Gasteiger partial charge in [0.2, 0.25) is 0 Å². The monoisotopic (exact) mass is 260 g/mol. The molecule has 100 valence electrons. The van der Waals surface area contributed by atoms with Gasteiger partial charge in [-0.15, -0.1) is 0 Å². The zero-order chi connectivity index (χ0) is 13.4. The summed E-state index contributed by atoms with van der Waals surface area (Å²) in [5.74, 6) is 0. The lowest BCUT2D eigenvalue weighted by Crippen LogP contribution is -1.95. The van der Waals surface area contributed by atoms with Gasteiger partial charge in [-0.2, -0.15) is 0 Å². The topological polar surface area (TPSA) is 0 Å². The van der Waals surface area contributed by atoms with Crippen molar-refractivity contribution < 1.29 is 0 Å². The third kappa shape index (κ3) is 2.00. The average molecular weight is 260 g/mol. The number of allylic oxidation sites excluding steroid dienone is 2. The van der Waals surface area contributed by atoms with Crippen molar-refractivity contribution in [3.05, 3.63) is 76.4 Å². The quantitative estimate of drug-likeness (QED) is 0.747. The van der Waals surface area contributed by atoms with Crippen molar-refractivity contribution in [1.82, 2.24) is 0 Å². The zero-order valence-corrected chi connectivity index (χ0v) is 11.9. The minimum absolute atomic E-state index is 1.15. The lowest BCUT2D eigenvalue weighted by Gasteiger charge is -2.12. The van der Waals surface area contributed by atoms with E-state index in [2.05, 4.69) is 48.5 Å². The summed E-state index contributed by atoms with van der Waals surface area (Å²) >= 11 is 0. The minimum atomic E-state index is 1.15. The van der Waals surface area contributed by atoms with E-state index in [1.807, 2.05) is 0 Å². The van der Waals surface area contributed by atoms with Crippen LogP contribution in [0.1, 0.15) is 40.7 Å². The van der Waals surface area contributed by atoms with Gasteiger partial charge < -0.3 is 0 Å². The van der Waals surface area contributed by atoms with Crippen LogP contribution in [0.4, 0.5) is 0 Å². The molecule has 0 N–H and O–H groups in total. The Bertz CT molecular complexity index is 662. The van der Waals surface area contributed by atoms with E-state index in [0.717, 1.165) is 12.8 Å². The molecule has 2 aliphatic rings. The molecule has 2 aliphatic carbocycles. The molecule has 0 heteroatoms. The van der Waals surface area contributed by atoms with Crippen LogP contribution in [-0.2, 0) is 25.7 Å². The molecule has 4 rings (SSSR count). The van der Waals surface area contributed by atoms with E-state index < -0.39 is 0 Å². The van der Waals surface area contributed by atoms with Crippen molar-refractivity contribution in [2.75, 3.05) is 0 Å². The van der Waals surface area contributed by atoms with Gasteiger partial charge in [0.05, 0.1) is 0 Å². The van der Waals surface area contributed by atoms with Gasteiger partial charge in [-0.05, 0) is 71.9 Å². The molecule has 0 radical (unpaired) electrons. The maximum atomic E-state index is 2.46. The molecular formula is C20H20. The molecule has 0 aromatic heterocycles. The first-order valence-electron chi connectivity index (χ1n) is 7.79. The molecule has 0 nitrogen and oxygen atoms in total. The van der Waals surface area contributed by atoms with Crippen LogP contribution in [0.25, 0.3) is 5.57 Å². The van der Waals surface area contributed by atoms with Gasteiger partial charge in [0.1, 0.15) is 0 Å². The predicted octanol–water partition coefficient (Wildman–Crippen LogP) is 4.75. The molecule has 0 aliphatic heterocycles. The first kappa shape index (κ1) is 12.0. The van der Waals surface area contributed by atoms with Crippen LogP contribution in [0, 0.1) is 0 Å². The van der Waals surface area contributed by atoms with Crippen LogP contribution in [0.15, 0.2) is 48.5 Å². The summed E-state index contributed by atoms with van der Waals surface area (Å²) < 4.78 is 0. The Hall–Kier alpha value is -1.82. The zero-order valence-electron chi connectivity index (χ0n) is 11.9. The van der Waals surface area contributed by atoms with Gasteiger partial charge >= 0.3 is 0 Å². The van der Waals surface area contributed by atoms with Gasteiger partial charge in [0.15, 0.2) is 0 Å². The molecule has 20 heavy (non-hydrogen) atoms. The van der Waals surface area contributed by atoms with Gasteiger partial charge in [0.25, 0.3) is 0 Å². The van der Waals surface area contributed by atoms with E-state index in [9.17, 15) is 0 Å². The summed E-state index contributed by atoms with van der Waals surface area (Å²) in [5.41, 5.74) is 9.51. The molecule has 2 aromatic rings. The van der Waals surface area contributed by atoms with Gasteiger partial charge in [-0.3, -0.25) is 0 Å². The Morgan fingerprint density at radius 1 is 0.800 bits per heavy atom. The Balaban J connectivity index is 1.60. The number of fused-ring (bicyclic) bond motifs is 3. The summed E-state index contributed by atoms with van der Waals surface area (Å²) in [7, 11) is 0. The first-order chi connectivity index (χ1) is 9.92. The van der Waals surface area contributed by atoms with Crippen LogP contribution in [-0.4, -0.2) is 0 Å². The molecule has 0 spiro atoms. The van der Waals surface area contributed by atoms with Crippen molar-refractivity contribution >= 4 is 5.57 Å². The molecule has 0 atom stereocenters. The molecule has 0 saturated heterocycles. The average Bonchev–Trinajstić information content (AvgIpc) is 3.12. The first-order valence-corrected chi connectivity index (χ1v) is 7.79. The summed E-state index contributed by atoms with van der Waals surface area (Å²) in [5, 5.41) is 0. The third-order valence-corrected chi connectivity index (χ3v) is 4.78. The highest BCUT2D eigenvalue weighted by Crippen LogP contribution is 2.38. The summed E-state index contributed by atoms with van der Waals surface area (Å²) in [6, 6.07) is 15.6. The van der Waals surface area contributed by atoms with Gasteiger partial charge in [-0.1, -0.05) is 48.5 Å². The highest BCUT2D eigenvalue weighted by molar-refractivity contribution is 5.77. The van der Waals surface area contributed by atoms with Crippen LogP contribution in [0.2, 0.25) is 0 Å². The van der Waals surface area contributed by atoms with E-state index in [-0.39, 0.29) is 0 Å². The Morgan fingerprint density at radius 3 is 2.55 bits per heavy atom. The van der Waals surface area contributed by atoms with Crippen LogP contribution in [0.5, 0.6) is 0 Å². The summed E-state index contributed by atoms with van der Waals surface area (Å²) in [6.45, 7) is 0. The largest absolute Gasteiger partial charge is 0.0763 e. The van der Waals surface area contributed by atoms with E-state index in [0.29, 0.717) is 0 Å². The normalized spacial score (nSPS) is 15.9. The molecule has 2 aromatic carbocycles. The second-order valence-corrected chi connectivity index (χ2v) is 6.01. The van der Waals surface area contributed by atoms with Crippen molar-refractivity contribution in [3.8, 4) is 0 Å². The summed E-state index contributed by atoms with van der Waals surface area (Å²) in [4.78, 5) is 0. The summed E-state index contributed by atoms with van der Waals surface area (Å²) in [6.07, 6.45) is 9.88. The Morgan fingerprint density at radius 2 is 1.65 bits per heavy atom. The second kappa shape index (κ2) is 4.94. The maximum absolute atomic E-state index is 2.46. The standard InChI is InChI=1S/C20H20/c1-2-5-15(6-3-1)9-10-17-13-14-18-12-11-16-7-4-8-19(16)20(17)18/h1-3,5-6,11-13H,4,7-10,14H2. The van der Waals surface area contributed by atoms with Crippen molar-refractivity contribution in [2.45, 2.75) is 38.5 Å². The van der Waals surface area contributed by atoms with Crippen molar-refractivity contribution in [1.29, 1.82) is 0 Å². The van der Waals surface area contributed by atoms with Crippen LogP contribution >= 0.6 is 0 Å². The number of hydrogen-bond donors (Lipinski definition) is 0. The maximum Gasteiger partial charge on any atom is -0.00853 e. The second-order valence-electron chi connectivity index (χ2n) is 6.01. The minimum Gasteiger partial charge on any atom is -0.0763 e. The number of rotatable bonds is 3. The lowest BCUT2D eigenvalue weighted by molar-refractivity contribution is 0.909. The fraction of sp³-hybridized carbons (Fsp3) is 0.300. The SMILES string of the molecule is C1=C(CCc2ccccc2)c2c(ccc3c2CCC3)C1. The van der Waals surface area contributed by atoms with Gasteiger partial charge in [-0.25, -0.2) is 0 Å². The van der Waals surface area contributed by atoms with Crippen molar-refractivity contribution in [3.63, 3.8) is 0 Å². The Kier molecular flexibility index (Phi) is 2.95. The predicted molar refractivity (Wildman–Crippen MR) is 84.9 cm³/mol. The molecule has 0 unspecified atom stereocenters. The number of aryl methyl sites for hydroxylation is 2. The van der Waals surface area contributed by atoms with E-state index in [1.54, 1.807) is 27.8 Å². The van der Waals surface area contributed by atoms with Crippen molar-refractivity contribution in [2.24, 2.45) is 0 Å². The van der Waals surface area contributed by atoms with E-state index in [4.69, 9.17) is 0 Å². The third-order valence-electron chi connectivity index (χ3n) is 4.78. The van der Waals surface area contributed by atoms with Gasteiger partial charge in [0, 0.05) is 0 Å². The molecule has 0 bridgehead atoms. The molecule has 0 heterocycles.